The molecular formula is C22H16Cl2O3S. The summed E-state index contributed by atoms with van der Waals surface area (Å²) < 4.78 is 26.5. The van der Waals surface area contributed by atoms with Gasteiger partial charge in [-0.25, -0.2) is 8.42 Å². The van der Waals surface area contributed by atoms with Gasteiger partial charge in [0.1, 0.15) is 4.91 Å². The van der Waals surface area contributed by atoms with E-state index in [0.29, 0.717) is 15.6 Å². The summed E-state index contributed by atoms with van der Waals surface area (Å²) in [5, 5.41) is 0.977. The number of hydrogen-bond donors (Lipinski definition) is 0. The summed E-state index contributed by atoms with van der Waals surface area (Å²) in [5.74, 6) is -0.604. The summed E-state index contributed by atoms with van der Waals surface area (Å²) in [6.45, 7) is 1.86. The Bertz CT molecular complexity index is 1130. The lowest BCUT2D eigenvalue weighted by Crippen LogP contribution is -2.14. The van der Waals surface area contributed by atoms with Gasteiger partial charge in [0.15, 0.2) is 0 Å². The van der Waals surface area contributed by atoms with Crippen molar-refractivity contribution in [1.29, 1.82) is 0 Å². The molecule has 3 aromatic rings. The van der Waals surface area contributed by atoms with Crippen molar-refractivity contribution < 1.29 is 13.2 Å². The predicted octanol–water partition coefficient (Wildman–Crippen LogP) is 6.00. The van der Waals surface area contributed by atoms with E-state index in [0.717, 1.165) is 5.56 Å². The second kappa shape index (κ2) is 8.31. The monoisotopic (exact) mass is 430 g/mol. The summed E-state index contributed by atoms with van der Waals surface area (Å²) in [4.78, 5) is 12.8. The molecule has 0 aliphatic carbocycles. The van der Waals surface area contributed by atoms with E-state index in [2.05, 4.69) is 0 Å². The van der Waals surface area contributed by atoms with Crippen LogP contribution < -0.4 is 0 Å². The molecule has 3 rings (SSSR count). The standard InChI is InChI=1S/C22H16Cl2O3S/c1-15-2-12-20(13-3-15)28(26,27)21(14-16-4-8-18(23)9-5-16)22(25)17-6-10-19(24)11-7-17/h2-14H,1H3/b21-14-. The van der Waals surface area contributed by atoms with Crippen LogP contribution in [-0.2, 0) is 9.84 Å². The van der Waals surface area contributed by atoms with Crippen molar-refractivity contribution in [3.05, 3.63) is 104 Å². The average Bonchev–Trinajstić information content (AvgIpc) is 2.68. The summed E-state index contributed by atoms with van der Waals surface area (Å²) in [7, 11) is -4.04. The molecular weight excluding hydrogens is 415 g/mol. The highest BCUT2D eigenvalue weighted by Gasteiger charge is 2.28. The highest BCUT2D eigenvalue weighted by molar-refractivity contribution is 7.96. The van der Waals surface area contributed by atoms with Crippen molar-refractivity contribution in [2.75, 3.05) is 0 Å². The quantitative estimate of drug-likeness (QED) is 0.368. The van der Waals surface area contributed by atoms with Crippen LogP contribution in [0.25, 0.3) is 6.08 Å². The third-order valence-corrected chi connectivity index (χ3v) is 6.40. The van der Waals surface area contributed by atoms with E-state index >= 15 is 0 Å². The normalized spacial score (nSPS) is 12.0. The number of ketones is 1. The Morgan fingerprint density at radius 3 is 1.82 bits per heavy atom. The van der Waals surface area contributed by atoms with E-state index in [4.69, 9.17) is 23.2 Å². The third-order valence-electron chi connectivity index (χ3n) is 4.12. The van der Waals surface area contributed by atoms with Crippen LogP contribution in [0.5, 0.6) is 0 Å². The zero-order valence-corrected chi connectivity index (χ0v) is 17.2. The van der Waals surface area contributed by atoms with Crippen LogP contribution in [0.4, 0.5) is 0 Å². The minimum atomic E-state index is -4.04. The van der Waals surface area contributed by atoms with Gasteiger partial charge in [-0.1, -0.05) is 53.0 Å². The Hall–Kier alpha value is -2.40. The van der Waals surface area contributed by atoms with E-state index in [9.17, 15) is 13.2 Å². The van der Waals surface area contributed by atoms with Crippen LogP contribution in [0, 0.1) is 6.92 Å². The zero-order valence-electron chi connectivity index (χ0n) is 14.9. The highest BCUT2D eigenvalue weighted by Crippen LogP contribution is 2.26. The average molecular weight is 431 g/mol. The number of carbonyl (C=O) groups is 1. The van der Waals surface area contributed by atoms with E-state index < -0.39 is 15.6 Å². The van der Waals surface area contributed by atoms with E-state index in [1.54, 1.807) is 48.5 Å². The van der Waals surface area contributed by atoms with Gasteiger partial charge in [0.05, 0.1) is 4.90 Å². The van der Waals surface area contributed by atoms with Crippen LogP contribution in [0.15, 0.2) is 82.6 Å². The number of halogens is 2. The molecule has 0 saturated carbocycles. The molecule has 0 aromatic heterocycles. The smallest absolute Gasteiger partial charge is 0.210 e. The lowest BCUT2D eigenvalue weighted by molar-refractivity contribution is 0.104. The predicted molar refractivity (Wildman–Crippen MR) is 114 cm³/mol. The van der Waals surface area contributed by atoms with Gasteiger partial charge in [0, 0.05) is 15.6 Å². The summed E-state index contributed by atoms with van der Waals surface area (Å²) in [6, 6.07) is 19.1. The van der Waals surface area contributed by atoms with Gasteiger partial charge < -0.3 is 0 Å². The Morgan fingerprint density at radius 2 is 1.29 bits per heavy atom. The van der Waals surface area contributed by atoms with Gasteiger partial charge in [-0.15, -0.1) is 0 Å². The van der Waals surface area contributed by atoms with Crippen LogP contribution in [0.3, 0.4) is 0 Å². The lowest BCUT2D eigenvalue weighted by Gasteiger charge is -2.10. The summed E-state index contributed by atoms with van der Waals surface area (Å²) in [5.41, 5.74) is 1.71. The highest BCUT2D eigenvalue weighted by atomic mass is 35.5. The zero-order chi connectivity index (χ0) is 20.3. The Labute approximate surface area is 174 Å². The maximum atomic E-state index is 13.3. The molecule has 0 heterocycles. The van der Waals surface area contributed by atoms with Crippen molar-refractivity contribution in [3.8, 4) is 0 Å². The van der Waals surface area contributed by atoms with E-state index in [1.165, 1.54) is 30.3 Å². The number of benzene rings is 3. The number of Topliss-reactive ketones (excluding diaryl/α,β-unsaturated/α-hetero) is 1. The molecule has 0 aliphatic rings. The van der Waals surface area contributed by atoms with Crippen molar-refractivity contribution in [1.82, 2.24) is 0 Å². The second-order valence-corrected chi connectivity index (χ2v) is 9.00. The van der Waals surface area contributed by atoms with Gasteiger partial charge in [0.2, 0.25) is 15.6 Å². The summed E-state index contributed by atoms with van der Waals surface area (Å²) >= 11 is 11.8. The lowest BCUT2D eigenvalue weighted by atomic mass is 10.1. The first-order valence-corrected chi connectivity index (χ1v) is 10.6. The molecule has 142 valence electrons. The topological polar surface area (TPSA) is 51.2 Å². The van der Waals surface area contributed by atoms with Crippen molar-refractivity contribution in [2.45, 2.75) is 11.8 Å². The molecule has 6 heteroatoms. The van der Waals surface area contributed by atoms with Crippen LogP contribution in [0.1, 0.15) is 21.5 Å². The SMILES string of the molecule is Cc1ccc(S(=O)(=O)/C(=C\c2ccc(Cl)cc2)C(=O)c2ccc(Cl)cc2)cc1. The molecule has 0 spiro atoms. The first kappa shape index (κ1) is 20.3. The minimum Gasteiger partial charge on any atom is -0.288 e. The van der Waals surface area contributed by atoms with Gasteiger partial charge >= 0.3 is 0 Å². The van der Waals surface area contributed by atoms with Crippen molar-refractivity contribution in [2.24, 2.45) is 0 Å². The summed E-state index contributed by atoms with van der Waals surface area (Å²) in [6.07, 6.45) is 1.36. The molecule has 3 nitrogen and oxygen atoms in total. The molecule has 0 radical (unpaired) electrons. The molecule has 3 aromatic carbocycles. The van der Waals surface area contributed by atoms with Gasteiger partial charge in [-0.3, -0.25) is 4.79 Å². The number of aryl methyl sites for hydroxylation is 1. The Kier molecular flexibility index (Phi) is 6.04. The fourth-order valence-corrected chi connectivity index (χ4v) is 4.22. The number of sulfone groups is 1. The number of carbonyl (C=O) groups excluding carboxylic acids is 1. The molecule has 0 fully saturated rings. The molecule has 0 unspecified atom stereocenters. The Balaban J connectivity index is 2.16. The van der Waals surface area contributed by atoms with Crippen LogP contribution >= 0.6 is 23.2 Å². The van der Waals surface area contributed by atoms with Gasteiger partial charge in [-0.2, -0.15) is 0 Å². The fourth-order valence-electron chi connectivity index (χ4n) is 2.56. The van der Waals surface area contributed by atoms with Crippen molar-refractivity contribution >= 4 is 44.9 Å². The molecule has 28 heavy (non-hydrogen) atoms. The van der Waals surface area contributed by atoms with Crippen LogP contribution in [0.2, 0.25) is 10.0 Å². The molecule has 0 saturated heterocycles. The number of hydrogen-bond acceptors (Lipinski definition) is 3. The molecule has 0 bridgehead atoms. The Morgan fingerprint density at radius 1 is 0.786 bits per heavy atom. The molecule has 0 atom stereocenters. The van der Waals surface area contributed by atoms with E-state index in [1.807, 2.05) is 6.92 Å². The van der Waals surface area contributed by atoms with E-state index in [-0.39, 0.29) is 15.4 Å². The maximum Gasteiger partial charge on any atom is 0.210 e. The van der Waals surface area contributed by atoms with Gasteiger partial charge in [0.25, 0.3) is 0 Å². The van der Waals surface area contributed by atoms with Crippen LogP contribution in [-0.4, -0.2) is 14.2 Å². The molecule has 0 amide bonds. The maximum absolute atomic E-state index is 13.3. The first-order chi connectivity index (χ1) is 13.3. The first-order valence-electron chi connectivity index (χ1n) is 8.37. The number of allylic oxidation sites excluding steroid dienone is 1. The fraction of sp³-hybridized carbons (Fsp3) is 0.0455. The largest absolute Gasteiger partial charge is 0.288 e. The minimum absolute atomic E-state index is 0.0561. The third kappa shape index (κ3) is 4.53. The van der Waals surface area contributed by atoms with Gasteiger partial charge in [-0.05, 0) is 67.1 Å². The number of rotatable bonds is 5. The second-order valence-electron chi connectivity index (χ2n) is 6.21. The molecule has 0 N–H and O–H groups in total. The molecule has 0 aliphatic heterocycles. The van der Waals surface area contributed by atoms with Crippen molar-refractivity contribution in [3.63, 3.8) is 0 Å².